The number of nitrogens with zero attached hydrogens (tertiary/aromatic N) is 3. The van der Waals surface area contributed by atoms with Crippen LogP contribution in [0.2, 0.25) is 0 Å². The summed E-state index contributed by atoms with van der Waals surface area (Å²) in [6.45, 7) is 0.391. The Bertz CT molecular complexity index is 996. The SMILES string of the molecule is Nc1nccc(-c2ccc(-c3cnc(COc4ccccc4)[nH]3)cc2)n1. The molecule has 0 amide bonds. The molecule has 26 heavy (non-hydrogen) atoms. The van der Waals surface area contributed by atoms with Gasteiger partial charge in [0.15, 0.2) is 0 Å². The van der Waals surface area contributed by atoms with Crippen LogP contribution in [-0.4, -0.2) is 19.9 Å². The van der Waals surface area contributed by atoms with Crippen molar-refractivity contribution in [2.45, 2.75) is 6.61 Å². The van der Waals surface area contributed by atoms with Gasteiger partial charge in [-0.2, -0.15) is 0 Å². The number of aromatic amines is 1. The second kappa shape index (κ2) is 7.06. The van der Waals surface area contributed by atoms with Gasteiger partial charge in [0.05, 0.1) is 17.6 Å². The van der Waals surface area contributed by atoms with Gasteiger partial charge in [0.1, 0.15) is 18.2 Å². The van der Waals surface area contributed by atoms with Crippen molar-refractivity contribution in [3.63, 3.8) is 0 Å². The lowest BCUT2D eigenvalue weighted by Crippen LogP contribution is -1.97. The molecule has 0 aliphatic rings. The maximum atomic E-state index is 5.71. The Balaban J connectivity index is 1.47. The van der Waals surface area contributed by atoms with Crippen molar-refractivity contribution in [1.29, 1.82) is 0 Å². The minimum absolute atomic E-state index is 0.267. The number of rotatable bonds is 5. The first-order chi connectivity index (χ1) is 12.8. The number of nitrogens with two attached hydrogens (primary N) is 1. The Kier molecular flexibility index (Phi) is 4.30. The first-order valence-corrected chi connectivity index (χ1v) is 8.19. The molecule has 0 unspecified atom stereocenters. The summed E-state index contributed by atoms with van der Waals surface area (Å²) >= 11 is 0. The van der Waals surface area contributed by atoms with E-state index in [9.17, 15) is 0 Å². The zero-order valence-corrected chi connectivity index (χ0v) is 14.0. The second-order valence-corrected chi connectivity index (χ2v) is 5.72. The highest BCUT2D eigenvalue weighted by Crippen LogP contribution is 2.23. The van der Waals surface area contributed by atoms with Crippen LogP contribution in [0.15, 0.2) is 73.1 Å². The van der Waals surface area contributed by atoms with Crippen LogP contribution in [0.4, 0.5) is 5.95 Å². The zero-order chi connectivity index (χ0) is 17.8. The predicted molar refractivity (Wildman–Crippen MR) is 100 cm³/mol. The highest BCUT2D eigenvalue weighted by molar-refractivity contribution is 5.66. The monoisotopic (exact) mass is 343 g/mol. The van der Waals surface area contributed by atoms with Gasteiger partial charge in [0, 0.05) is 11.8 Å². The molecule has 4 aromatic rings. The molecule has 4 rings (SSSR count). The largest absolute Gasteiger partial charge is 0.486 e. The first kappa shape index (κ1) is 15.8. The van der Waals surface area contributed by atoms with Crippen molar-refractivity contribution in [3.8, 4) is 28.3 Å². The van der Waals surface area contributed by atoms with Crippen molar-refractivity contribution in [3.05, 3.63) is 78.9 Å². The van der Waals surface area contributed by atoms with Gasteiger partial charge >= 0.3 is 0 Å². The molecule has 0 radical (unpaired) electrons. The molecule has 0 spiro atoms. The summed E-state index contributed by atoms with van der Waals surface area (Å²) in [6, 6.07) is 19.5. The fourth-order valence-corrected chi connectivity index (χ4v) is 2.61. The Morgan fingerprint density at radius 1 is 0.885 bits per heavy atom. The molecule has 0 saturated carbocycles. The van der Waals surface area contributed by atoms with Crippen molar-refractivity contribution in [2.75, 3.05) is 5.73 Å². The van der Waals surface area contributed by atoms with Crippen LogP contribution in [-0.2, 0) is 6.61 Å². The average Bonchev–Trinajstić information content (AvgIpc) is 3.16. The van der Waals surface area contributed by atoms with Crippen LogP contribution in [0.5, 0.6) is 5.75 Å². The number of benzene rings is 2. The van der Waals surface area contributed by atoms with Crippen molar-refractivity contribution in [1.82, 2.24) is 19.9 Å². The number of imidazole rings is 1. The average molecular weight is 343 g/mol. The van der Waals surface area contributed by atoms with E-state index in [4.69, 9.17) is 10.5 Å². The number of anilines is 1. The Labute approximate surface area is 150 Å². The van der Waals surface area contributed by atoms with E-state index in [2.05, 4.69) is 19.9 Å². The van der Waals surface area contributed by atoms with Gasteiger partial charge in [-0.15, -0.1) is 0 Å². The molecular formula is C20H17N5O. The Hall–Kier alpha value is -3.67. The first-order valence-electron chi connectivity index (χ1n) is 8.19. The molecule has 2 aromatic heterocycles. The highest BCUT2D eigenvalue weighted by atomic mass is 16.5. The number of hydrogen-bond acceptors (Lipinski definition) is 5. The third-order valence-corrected chi connectivity index (χ3v) is 3.91. The predicted octanol–water partition coefficient (Wildman–Crippen LogP) is 3.69. The molecule has 0 aliphatic carbocycles. The summed E-state index contributed by atoms with van der Waals surface area (Å²) < 4.78 is 5.71. The summed E-state index contributed by atoms with van der Waals surface area (Å²) in [7, 11) is 0. The quantitative estimate of drug-likeness (QED) is 0.577. The van der Waals surface area contributed by atoms with Gasteiger partial charge in [-0.3, -0.25) is 0 Å². The molecule has 0 aliphatic heterocycles. The summed E-state index contributed by atoms with van der Waals surface area (Å²) in [5.74, 6) is 1.86. The van der Waals surface area contributed by atoms with E-state index in [1.165, 1.54) is 0 Å². The van der Waals surface area contributed by atoms with Gasteiger partial charge in [-0.25, -0.2) is 15.0 Å². The van der Waals surface area contributed by atoms with E-state index >= 15 is 0 Å². The molecule has 3 N–H and O–H groups in total. The van der Waals surface area contributed by atoms with Crippen LogP contribution in [0.3, 0.4) is 0 Å². The maximum absolute atomic E-state index is 5.71. The number of ether oxygens (including phenoxy) is 1. The number of aromatic nitrogens is 4. The number of nitrogen functional groups attached to an aromatic ring is 1. The molecule has 6 nitrogen and oxygen atoms in total. The van der Waals surface area contributed by atoms with Crippen LogP contribution in [0.1, 0.15) is 5.82 Å². The molecule has 0 fully saturated rings. The minimum Gasteiger partial charge on any atom is -0.486 e. The molecule has 0 bridgehead atoms. The van der Waals surface area contributed by atoms with Gasteiger partial charge in [-0.05, 0) is 23.8 Å². The van der Waals surface area contributed by atoms with Gasteiger partial charge in [-0.1, -0.05) is 42.5 Å². The second-order valence-electron chi connectivity index (χ2n) is 5.72. The lowest BCUT2D eigenvalue weighted by molar-refractivity contribution is 0.297. The van der Waals surface area contributed by atoms with Gasteiger partial charge in [0.2, 0.25) is 5.95 Å². The fourth-order valence-electron chi connectivity index (χ4n) is 2.61. The molecule has 2 heterocycles. The zero-order valence-electron chi connectivity index (χ0n) is 14.0. The van der Waals surface area contributed by atoms with Crippen molar-refractivity contribution >= 4 is 5.95 Å². The van der Waals surface area contributed by atoms with Crippen molar-refractivity contribution < 1.29 is 4.74 Å². The minimum atomic E-state index is 0.267. The lowest BCUT2D eigenvalue weighted by Gasteiger charge is -2.04. The van der Waals surface area contributed by atoms with Crippen LogP contribution in [0.25, 0.3) is 22.5 Å². The van der Waals surface area contributed by atoms with Crippen LogP contribution < -0.4 is 10.5 Å². The topological polar surface area (TPSA) is 89.7 Å². The molecule has 2 aromatic carbocycles. The Morgan fingerprint density at radius 3 is 2.42 bits per heavy atom. The fraction of sp³-hybridized carbons (Fsp3) is 0.0500. The third kappa shape index (κ3) is 3.54. The third-order valence-electron chi connectivity index (χ3n) is 3.91. The van der Waals surface area contributed by atoms with Crippen LogP contribution in [0, 0.1) is 0 Å². The van der Waals surface area contributed by atoms with E-state index in [1.54, 1.807) is 12.4 Å². The number of H-pyrrole nitrogens is 1. The van der Waals surface area contributed by atoms with E-state index in [0.717, 1.165) is 34.1 Å². The van der Waals surface area contributed by atoms with Gasteiger partial charge in [0.25, 0.3) is 0 Å². The normalized spacial score (nSPS) is 10.6. The number of hydrogen-bond donors (Lipinski definition) is 2. The van der Waals surface area contributed by atoms with E-state index in [1.807, 2.05) is 60.7 Å². The summed E-state index contributed by atoms with van der Waals surface area (Å²) in [5, 5.41) is 0. The maximum Gasteiger partial charge on any atom is 0.220 e. The van der Waals surface area contributed by atoms with E-state index < -0.39 is 0 Å². The molecule has 6 heteroatoms. The standard InChI is InChI=1S/C20H17N5O/c21-20-22-11-10-17(25-20)14-6-8-15(9-7-14)18-12-23-19(24-18)13-26-16-4-2-1-3-5-16/h1-12H,13H2,(H,23,24)(H2,21,22,25). The number of para-hydroxylation sites is 1. The molecule has 128 valence electrons. The Morgan fingerprint density at radius 2 is 1.65 bits per heavy atom. The van der Waals surface area contributed by atoms with Gasteiger partial charge < -0.3 is 15.5 Å². The molecule has 0 saturated heterocycles. The smallest absolute Gasteiger partial charge is 0.220 e. The van der Waals surface area contributed by atoms with Crippen molar-refractivity contribution in [2.24, 2.45) is 0 Å². The van der Waals surface area contributed by atoms with Crippen LogP contribution >= 0.6 is 0 Å². The summed E-state index contributed by atoms with van der Waals surface area (Å²) in [6.07, 6.45) is 3.46. The number of nitrogens with one attached hydrogen (secondary N) is 1. The molecular weight excluding hydrogens is 326 g/mol. The lowest BCUT2D eigenvalue weighted by atomic mass is 10.1. The van der Waals surface area contributed by atoms with E-state index in [-0.39, 0.29) is 5.95 Å². The molecule has 0 atom stereocenters. The summed E-state index contributed by atoms with van der Waals surface area (Å²) in [4.78, 5) is 15.8. The summed E-state index contributed by atoms with van der Waals surface area (Å²) in [5.41, 5.74) is 9.39. The highest BCUT2D eigenvalue weighted by Gasteiger charge is 2.06. The van der Waals surface area contributed by atoms with E-state index in [0.29, 0.717) is 6.61 Å².